The molecule has 0 radical (unpaired) electrons. The normalized spacial score (nSPS) is 17.5. The van der Waals surface area contributed by atoms with Crippen molar-refractivity contribution in [3.8, 4) is 0 Å². The Morgan fingerprint density at radius 3 is 1.50 bits per heavy atom. The topological polar surface area (TPSA) is 357 Å². The first-order valence-corrected chi connectivity index (χ1v) is 26.2. The van der Waals surface area contributed by atoms with Gasteiger partial charge in [-0.15, -0.1) is 0 Å². The van der Waals surface area contributed by atoms with E-state index in [1.807, 2.05) is 44.2 Å². The second kappa shape index (κ2) is 32.3. The third-order valence-electron chi connectivity index (χ3n) is 13.5. The quantitative estimate of drug-likeness (QED) is 0.0283. The maximum absolute atomic E-state index is 14.5. The van der Waals surface area contributed by atoms with Gasteiger partial charge < -0.3 is 65.3 Å². The molecule has 8 atom stereocenters. The highest BCUT2D eigenvalue weighted by molar-refractivity contribution is 5.97. The smallest absolute Gasteiger partial charge is 0.326 e. The third-order valence-corrected chi connectivity index (χ3v) is 13.5. The molecule has 1 aromatic carbocycles. The summed E-state index contributed by atoms with van der Waals surface area (Å²) in [5.41, 5.74) is 23.5. The Morgan fingerprint density at radius 2 is 1.01 bits per heavy atom. The molecule has 2 fully saturated rings. The molecule has 2 aliphatic rings. The fourth-order valence-electron chi connectivity index (χ4n) is 9.34. The van der Waals surface area contributed by atoms with Crippen molar-refractivity contribution >= 4 is 53.3 Å². The van der Waals surface area contributed by atoms with Crippen LogP contribution in [0.4, 0.5) is 0 Å². The van der Waals surface area contributed by atoms with Crippen molar-refractivity contribution < 1.29 is 43.5 Å². The highest BCUT2D eigenvalue weighted by Crippen LogP contribution is 2.29. The largest absolute Gasteiger partial charge is 0.480 e. The molecule has 16 N–H and O–H groups in total. The first kappa shape index (κ1) is 60.5. The molecule has 72 heavy (non-hydrogen) atoms. The molecule has 0 saturated heterocycles. The molecule has 21 heteroatoms. The van der Waals surface area contributed by atoms with Crippen molar-refractivity contribution in [3.05, 3.63) is 35.9 Å². The lowest BCUT2D eigenvalue weighted by Crippen LogP contribution is -2.60. The zero-order chi connectivity index (χ0) is 53.2. The van der Waals surface area contributed by atoms with Crippen LogP contribution >= 0.6 is 0 Å². The lowest BCUT2D eigenvalue weighted by molar-refractivity contribution is -0.142. The van der Waals surface area contributed by atoms with Gasteiger partial charge in [-0.2, -0.15) is 0 Å². The molecular formula is C51H86N12O9. The van der Waals surface area contributed by atoms with Gasteiger partial charge in [0.15, 0.2) is 5.96 Å². The molecule has 0 bridgehead atoms. The number of carboxylic acids is 1. The Hall–Kier alpha value is -5.83. The third kappa shape index (κ3) is 22.7. The van der Waals surface area contributed by atoms with E-state index in [0.29, 0.717) is 25.8 Å². The summed E-state index contributed by atoms with van der Waals surface area (Å²) in [5, 5.41) is 29.0. The molecule has 404 valence electrons. The number of amides is 7. The van der Waals surface area contributed by atoms with E-state index in [9.17, 15) is 43.5 Å². The van der Waals surface area contributed by atoms with E-state index in [2.05, 4.69) is 42.2 Å². The van der Waals surface area contributed by atoms with Gasteiger partial charge in [0.05, 0.1) is 6.04 Å². The summed E-state index contributed by atoms with van der Waals surface area (Å²) in [7, 11) is 0. The lowest BCUT2D eigenvalue weighted by atomic mass is 9.83. The molecule has 2 saturated carbocycles. The van der Waals surface area contributed by atoms with Crippen LogP contribution in [0.25, 0.3) is 0 Å². The lowest BCUT2D eigenvalue weighted by Gasteiger charge is -2.31. The SMILES string of the molecule is CC(C)CC(NC(=O)C(CC1CCCCC1)NC(=O)C(CC1CCCCC1)NC(=O)C(C)NC(=O)C(CCCCN)NC(=O)C(N)Cc1ccccc1)C(=O)NC(C)C(=O)NC(CCCN=C(N)N)C(=O)O. The van der Waals surface area contributed by atoms with Gasteiger partial charge >= 0.3 is 5.97 Å². The van der Waals surface area contributed by atoms with Crippen LogP contribution in [0.3, 0.4) is 0 Å². The van der Waals surface area contributed by atoms with Gasteiger partial charge in [0, 0.05) is 6.54 Å². The van der Waals surface area contributed by atoms with Crippen LogP contribution in [0, 0.1) is 17.8 Å². The molecule has 8 unspecified atom stereocenters. The van der Waals surface area contributed by atoms with Crippen LogP contribution in [-0.2, 0) is 44.8 Å². The Kier molecular flexibility index (Phi) is 27.1. The number of hydrogen-bond donors (Lipinski definition) is 12. The fraction of sp³-hybridized carbons (Fsp3) is 0.706. The summed E-state index contributed by atoms with van der Waals surface area (Å²) in [6.07, 6.45) is 12.1. The highest BCUT2D eigenvalue weighted by Gasteiger charge is 2.35. The van der Waals surface area contributed by atoms with Crippen molar-refractivity contribution in [1.29, 1.82) is 0 Å². The number of carbonyl (C=O) groups is 8. The summed E-state index contributed by atoms with van der Waals surface area (Å²) in [5.74, 6) is -5.64. The summed E-state index contributed by atoms with van der Waals surface area (Å²) < 4.78 is 0. The molecule has 3 rings (SSSR count). The molecule has 7 amide bonds. The maximum atomic E-state index is 14.5. The van der Waals surface area contributed by atoms with Crippen molar-refractivity contribution in [2.45, 2.75) is 198 Å². The van der Waals surface area contributed by atoms with Crippen LogP contribution in [0.5, 0.6) is 0 Å². The van der Waals surface area contributed by atoms with Crippen LogP contribution in [-0.4, -0.2) is 120 Å². The van der Waals surface area contributed by atoms with Crippen molar-refractivity contribution in [2.75, 3.05) is 13.1 Å². The van der Waals surface area contributed by atoms with Gasteiger partial charge in [-0.1, -0.05) is 108 Å². The standard InChI is InChI=1S/C51H86N12O9/c1-31(2)27-40(47(68)58-32(3)43(64)60-39(50(71)72)24-16-26-56-51(54)55)62-49(70)42(30-36-21-12-7-13-22-36)63-48(69)41(29-35-19-10-6-11-20-35)61-44(65)33(4)57-46(67)38(23-14-15-25-52)59-45(66)37(53)28-34-17-8-5-9-18-34/h5,8-9,17-18,31-33,35-42H,6-7,10-16,19-30,52-53H2,1-4H3,(H,57,67)(H,58,68)(H,59,66)(H,60,64)(H,61,65)(H,62,70)(H,63,69)(H,71,72)(H4,54,55,56). The van der Waals surface area contributed by atoms with Crippen LogP contribution in [0.15, 0.2) is 35.3 Å². The van der Waals surface area contributed by atoms with E-state index < -0.39 is 95.7 Å². The molecule has 0 heterocycles. The van der Waals surface area contributed by atoms with Gasteiger partial charge in [0.25, 0.3) is 0 Å². The predicted molar refractivity (Wildman–Crippen MR) is 275 cm³/mol. The average molecular weight is 1010 g/mol. The van der Waals surface area contributed by atoms with Crippen molar-refractivity contribution in [3.63, 3.8) is 0 Å². The van der Waals surface area contributed by atoms with Crippen molar-refractivity contribution in [1.82, 2.24) is 37.2 Å². The van der Waals surface area contributed by atoms with Crippen LogP contribution in [0.2, 0.25) is 0 Å². The predicted octanol–water partition coefficient (Wildman–Crippen LogP) is 1.24. The number of hydrogen-bond acceptors (Lipinski definition) is 11. The minimum atomic E-state index is -1.27. The minimum Gasteiger partial charge on any atom is -0.480 e. The molecular weight excluding hydrogens is 925 g/mol. The van der Waals surface area contributed by atoms with Crippen LogP contribution < -0.4 is 60.2 Å². The number of nitrogens with one attached hydrogen (secondary N) is 7. The second-order valence-corrected chi connectivity index (χ2v) is 20.2. The number of rotatable bonds is 31. The van der Waals surface area contributed by atoms with E-state index in [4.69, 9.17) is 22.9 Å². The number of carbonyl (C=O) groups excluding carboxylic acids is 7. The van der Waals surface area contributed by atoms with E-state index in [1.54, 1.807) is 0 Å². The molecule has 0 spiro atoms. The first-order valence-electron chi connectivity index (χ1n) is 26.2. The van der Waals surface area contributed by atoms with Gasteiger partial charge in [-0.25, -0.2) is 4.79 Å². The number of guanidine groups is 1. The van der Waals surface area contributed by atoms with Crippen molar-refractivity contribution in [2.24, 2.45) is 45.7 Å². The number of nitrogens with zero attached hydrogens (tertiary/aromatic N) is 1. The Bertz CT molecular complexity index is 1920. The first-order chi connectivity index (χ1) is 34.3. The zero-order valence-electron chi connectivity index (χ0n) is 43.1. The summed E-state index contributed by atoms with van der Waals surface area (Å²) in [6, 6.07) is 0.460. The molecule has 2 aliphatic carbocycles. The summed E-state index contributed by atoms with van der Waals surface area (Å²) >= 11 is 0. The Morgan fingerprint density at radius 1 is 0.569 bits per heavy atom. The van der Waals surface area contributed by atoms with Crippen LogP contribution in [0.1, 0.15) is 149 Å². The number of benzene rings is 1. The number of unbranched alkanes of at least 4 members (excludes halogenated alkanes) is 1. The number of nitrogens with two attached hydrogens (primary N) is 4. The minimum absolute atomic E-state index is 0.0306. The molecule has 0 aliphatic heterocycles. The second-order valence-electron chi connectivity index (χ2n) is 20.2. The summed E-state index contributed by atoms with van der Waals surface area (Å²) in [6.45, 7) is 7.18. The zero-order valence-corrected chi connectivity index (χ0v) is 43.1. The molecule has 0 aromatic heterocycles. The molecule has 1 aromatic rings. The van der Waals surface area contributed by atoms with E-state index >= 15 is 0 Å². The Balaban J connectivity index is 1.79. The number of aliphatic imine (C=N–C) groups is 1. The van der Waals surface area contributed by atoms with Gasteiger partial charge in [0.2, 0.25) is 41.4 Å². The van der Waals surface area contributed by atoms with Gasteiger partial charge in [-0.05, 0) is 101 Å². The maximum Gasteiger partial charge on any atom is 0.326 e. The van der Waals surface area contributed by atoms with Gasteiger partial charge in [0.1, 0.15) is 42.3 Å². The number of aliphatic carboxylic acids is 1. The van der Waals surface area contributed by atoms with E-state index in [1.165, 1.54) is 13.8 Å². The Labute approximate surface area is 425 Å². The van der Waals surface area contributed by atoms with E-state index in [0.717, 1.165) is 69.8 Å². The molecule has 21 nitrogen and oxygen atoms in total. The van der Waals surface area contributed by atoms with E-state index in [-0.39, 0.29) is 68.8 Å². The highest BCUT2D eigenvalue weighted by atomic mass is 16.4. The summed E-state index contributed by atoms with van der Waals surface area (Å²) in [4.78, 5) is 113. The van der Waals surface area contributed by atoms with Gasteiger partial charge in [-0.3, -0.25) is 38.6 Å². The number of carboxylic acid groups (broad SMARTS) is 1. The average Bonchev–Trinajstić information content (AvgIpc) is 3.34. The fourth-order valence-corrected chi connectivity index (χ4v) is 9.34. The monoisotopic (exact) mass is 1010 g/mol.